The minimum Gasteiger partial charge on any atom is -0.319 e. The molecule has 14 heavy (non-hydrogen) atoms. The SMILES string of the molecule is CNCC12CC3CC(CC(C3)C1Br)C2. The average Bonchev–Trinajstić information content (AvgIpc) is 2.13. The van der Waals surface area contributed by atoms with Crippen LogP contribution in [0, 0.1) is 23.2 Å². The van der Waals surface area contributed by atoms with Gasteiger partial charge in [0.05, 0.1) is 0 Å². The van der Waals surface area contributed by atoms with Gasteiger partial charge in [-0.25, -0.2) is 0 Å². The Morgan fingerprint density at radius 2 is 1.86 bits per heavy atom. The van der Waals surface area contributed by atoms with Crippen LogP contribution in [0.5, 0.6) is 0 Å². The zero-order valence-corrected chi connectivity index (χ0v) is 10.5. The van der Waals surface area contributed by atoms with Crippen molar-refractivity contribution in [3.05, 3.63) is 0 Å². The molecule has 4 saturated carbocycles. The Morgan fingerprint density at radius 1 is 1.21 bits per heavy atom. The van der Waals surface area contributed by atoms with E-state index in [0.29, 0.717) is 5.41 Å². The number of rotatable bonds is 2. The van der Waals surface area contributed by atoms with Gasteiger partial charge < -0.3 is 5.32 Å². The van der Waals surface area contributed by atoms with Crippen LogP contribution < -0.4 is 5.32 Å². The van der Waals surface area contributed by atoms with E-state index >= 15 is 0 Å². The van der Waals surface area contributed by atoms with Crippen molar-refractivity contribution in [1.29, 1.82) is 0 Å². The van der Waals surface area contributed by atoms with E-state index in [-0.39, 0.29) is 0 Å². The van der Waals surface area contributed by atoms with Crippen molar-refractivity contribution in [2.24, 2.45) is 23.2 Å². The summed E-state index contributed by atoms with van der Waals surface area (Å²) < 4.78 is 0. The highest BCUT2D eigenvalue weighted by atomic mass is 79.9. The van der Waals surface area contributed by atoms with Crippen molar-refractivity contribution in [3.63, 3.8) is 0 Å². The maximum absolute atomic E-state index is 4.00. The first-order valence-electron chi connectivity index (χ1n) is 6.02. The van der Waals surface area contributed by atoms with Crippen molar-refractivity contribution in [2.75, 3.05) is 13.6 Å². The van der Waals surface area contributed by atoms with Crippen molar-refractivity contribution in [2.45, 2.75) is 36.9 Å². The summed E-state index contributed by atoms with van der Waals surface area (Å²) in [5, 5.41) is 3.43. The molecule has 0 saturated heterocycles. The third kappa shape index (κ3) is 1.23. The second-order valence-electron chi connectivity index (χ2n) is 5.90. The first-order chi connectivity index (χ1) is 6.73. The number of alkyl halides is 1. The maximum Gasteiger partial charge on any atom is 0.0243 e. The lowest BCUT2D eigenvalue weighted by Crippen LogP contribution is -2.56. The molecule has 3 unspecified atom stereocenters. The maximum atomic E-state index is 4.00. The first-order valence-corrected chi connectivity index (χ1v) is 6.94. The molecule has 80 valence electrons. The highest BCUT2D eigenvalue weighted by molar-refractivity contribution is 9.09. The molecule has 0 aromatic heterocycles. The number of nitrogens with one attached hydrogen (secondary N) is 1. The third-order valence-corrected chi connectivity index (χ3v) is 6.58. The fourth-order valence-corrected chi connectivity index (χ4v) is 5.71. The van der Waals surface area contributed by atoms with E-state index in [1.807, 2.05) is 0 Å². The highest BCUT2D eigenvalue weighted by Gasteiger charge is 2.55. The van der Waals surface area contributed by atoms with Crippen molar-refractivity contribution < 1.29 is 0 Å². The van der Waals surface area contributed by atoms with Crippen LogP contribution in [0.4, 0.5) is 0 Å². The summed E-state index contributed by atoms with van der Waals surface area (Å²) in [4.78, 5) is 0.801. The van der Waals surface area contributed by atoms with E-state index in [9.17, 15) is 0 Å². The van der Waals surface area contributed by atoms with Crippen LogP contribution >= 0.6 is 15.9 Å². The quantitative estimate of drug-likeness (QED) is 0.751. The summed E-state index contributed by atoms with van der Waals surface area (Å²) in [6.07, 6.45) is 7.53. The molecule has 4 bridgehead atoms. The molecule has 2 heteroatoms. The monoisotopic (exact) mass is 257 g/mol. The molecule has 0 spiro atoms. The van der Waals surface area contributed by atoms with Crippen LogP contribution in [0.1, 0.15) is 32.1 Å². The molecule has 3 atom stereocenters. The second kappa shape index (κ2) is 3.21. The third-order valence-electron chi connectivity index (χ3n) is 4.86. The Bertz CT molecular complexity index is 226. The van der Waals surface area contributed by atoms with E-state index in [1.54, 1.807) is 6.42 Å². The van der Waals surface area contributed by atoms with Crippen molar-refractivity contribution in [1.82, 2.24) is 5.32 Å². The van der Waals surface area contributed by atoms with Gasteiger partial charge in [-0.15, -0.1) is 0 Å². The smallest absolute Gasteiger partial charge is 0.0243 e. The van der Waals surface area contributed by atoms with Gasteiger partial charge in [0.1, 0.15) is 0 Å². The number of halogens is 1. The van der Waals surface area contributed by atoms with E-state index in [0.717, 1.165) is 22.6 Å². The van der Waals surface area contributed by atoms with Gasteiger partial charge in [0, 0.05) is 11.4 Å². The fourth-order valence-electron chi connectivity index (χ4n) is 4.74. The molecule has 0 aromatic rings. The minimum absolute atomic E-state index is 0.615. The Hall–Kier alpha value is 0.440. The van der Waals surface area contributed by atoms with Crippen LogP contribution in [0.25, 0.3) is 0 Å². The summed E-state index contributed by atoms with van der Waals surface area (Å²) in [7, 11) is 2.11. The van der Waals surface area contributed by atoms with E-state index in [1.165, 1.54) is 32.2 Å². The van der Waals surface area contributed by atoms with Crippen molar-refractivity contribution >= 4 is 15.9 Å². The molecule has 0 amide bonds. The van der Waals surface area contributed by atoms with Crippen LogP contribution in [0.15, 0.2) is 0 Å². The predicted octanol–water partition coefficient (Wildman–Crippen LogP) is 2.80. The molecule has 0 heterocycles. The zero-order valence-electron chi connectivity index (χ0n) is 8.93. The Balaban J connectivity index is 1.89. The topological polar surface area (TPSA) is 12.0 Å². The molecule has 4 aliphatic carbocycles. The van der Waals surface area contributed by atoms with E-state index in [4.69, 9.17) is 0 Å². The lowest BCUT2D eigenvalue weighted by molar-refractivity contribution is -0.0406. The molecular weight excluding hydrogens is 238 g/mol. The fraction of sp³-hybridized carbons (Fsp3) is 1.00. The minimum atomic E-state index is 0.615. The Labute approximate surface area is 95.2 Å². The van der Waals surface area contributed by atoms with Gasteiger partial charge in [-0.05, 0) is 62.3 Å². The number of hydrogen-bond acceptors (Lipinski definition) is 1. The molecule has 4 rings (SSSR count). The Kier molecular flexibility index (Phi) is 2.22. The summed E-state index contributed by atoms with van der Waals surface area (Å²) >= 11 is 4.00. The lowest BCUT2D eigenvalue weighted by atomic mass is 9.49. The zero-order chi connectivity index (χ0) is 9.76. The summed E-state index contributed by atoms with van der Waals surface area (Å²) in [5.41, 5.74) is 0.615. The molecule has 1 nitrogen and oxygen atoms in total. The standard InChI is InChI=1S/C12H20BrN/c1-14-7-12-5-8-2-9(6-12)4-10(3-8)11(12)13/h8-11,14H,2-7H2,1H3. The normalized spacial score (nSPS) is 55.3. The van der Waals surface area contributed by atoms with E-state index in [2.05, 4.69) is 28.3 Å². The van der Waals surface area contributed by atoms with Crippen molar-refractivity contribution in [3.8, 4) is 0 Å². The van der Waals surface area contributed by atoms with Gasteiger partial charge in [0.25, 0.3) is 0 Å². The molecule has 4 fully saturated rings. The lowest BCUT2D eigenvalue weighted by Gasteiger charge is -2.59. The summed E-state index contributed by atoms with van der Waals surface area (Å²) in [6.45, 7) is 1.23. The van der Waals surface area contributed by atoms with Crippen LogP contribution in [-0.4, -0.2) is 18.4 Å². The summed E-state index contributed by atoms with van der Waals surface area (Å²) in [6, 6.07) is 0. The van der Waals surface area contributed by atoms with Crippen LogP contribution in [0.3, 0.4) is 0 Å². The highest BCUT2D eigenvalue weighted by Crippen LogP contribution is 2.61. The largest absolute Gasteiger partial charge is 0.319 e. The molecule has 0 aliphatic heterocycles. The Morgan fingerprint density at radius 3 is 2.43 bits per heavy atom. The predicted molar refractivity (Wildman–Crippen MR) is 62.6 cm³/mol. The second-order valence-corrected chi connectivity index (χ2v) is 6.89. The van der Waals surface area contributed by atoms with Gasteiger partial charge in [0.15, 0.2) is 0 Å². The van der Waals surface area contributed by atoms with Crippen LogP contribution in [-0.2, 0) is 0 Å². The molecular formula is C12H20BrN. The van der Waals surface area contributed by atoms with Crippen LogP contribution in [0.2, 0.25) is 0 Å². The van der Waals surface area contributed by atoms with Gasteiger partial charge in [0.2, 0.25) is 0 Å². The molecule has 0 radical (unpaired) electrons. The molecule has 1 N–H and O–H groups in total. The molecule has 4 aliphatic rings. The summed E-state index contributed by atoms with van der Waals surface area (Å²) in [5.74, 6) is 3.12. The average molecular weight is 258 g/mol. The molecule has 0 aromatic carbocycles. The van der Waals surface area contributed by atoms with Gasteiger partial charge >= 0.3 is 0 Å². The van der Waals surface area contributed by atoms with Gasteiger partial charge in [-0.2, -0.15) is 0 Å². The first kappa shape index (κ1) is 9.65. The van der Waals surface area contributed by atoms with Gasteiger partial charge in [-0.3, -0.25) is 0 Å². The van der Waals surface area contributed by atoms with E-state index < -0.39 is 0 Å². The van der Waals surface area contributed by atoms with Gasteiger partial charge in [-0.1, -0.05) is 15.9 Å². The number of hydrogen-bond donors (Lipinski definition) is 1.